The van der Waals surface area contributed by atoms with Gasteiger partial charge in [-0.15, -0.1) is 0 Å². The van der Waals surface area contributed by atoms with Gasteiger partial charge in [-0.1, -0.05) is 20.8 Å². The zero-order valence-electron chi connectivity index (χ0n) is 10.3. The van der Waals surface area contributed by atoms with Crippen molar-refractivity contribution in [3.63, 3.8) is 0 Å². The summed E-state index contributed by atoms with van der Waals surface area (Å²) in [5.41, 5.74) is 0. The Labute approximate surface area is 94.6 Å². The van der Waals surface area contributed by atoms with Crippen LogP contribution in [0.3, 0.4) is 0 Å². The van der Waals surface area contributed by atoms with Gasteiger partial charge in [0.1, 0.15) is 9.84 Å². The van der Waals surface area contributed by atoms with Crippen molar-refractivity contribution in [1.29, 1.82) is 0 Å². The largest absolute Gasteiger partial charge is 0.316 e. The lowest BCUT2D eigenvalue weighted by molar-refractivity contribution is 0.496. The highest BCUT2D eigenvalue weighted by molar-refractivity contribution is 7.91. The molecule has 0 radical (unpaired) electrons. The molecule has 0 aliphatic rings. The predicted octanol–water partition coefficient (Wildman–Crippen LogP) is 1.84. The molecule has 1 atom stereocenters. The zero-order chi connectivity index (χ0) is 11.7. The average Bonchev–Trinajstić information content (AvgIpc) is 2.15. The molecule has 0 heterocycles. The van der Waals surface area contributed by atoms with Crippen molar-refractivity contribution in [3.8, 4) is 0 Å². The smallest absolute Gasteiger partial charge is 0.150 e. The van der Waals surface area contributed by atoms with Crippen LogP contribution in [0.5, 0.6) is 0 Å². The van der Waals surface area contributed by atoms with Crippen LogP contribution in [-0.4, -0.2) is 33.0 Å². The number of sulfone groups is 1. The Morgan fingerprint density at radius 3 is 2.33 bits per heavy atom. The lowest BCUT2D eigenvalue weighted by atomic mass is 10.1. The van der Waals surface area contributed by atoms with Crippen molar-refractivity contribution in [3.05, 3.63) is 0 Å². The lowest BCUT2D eigenvalue weighted by Gasteiger charge is -2.12. The summed E-state index contributed by atoms with van der Waals surface area (Å²) in [5.74, 6) is 1.13. The zero-order valence-corrected chi connectivity index (χ0v) is 11.1. The van der Waals surface area contributed by atoms with Crippen molar-refractivity contribution in [1.82, 2.24) is 5.32 Å². The van der Waals surface area contributed by atoms with E-state index in [-0.39, 0.29) is 0 Å². The second-order valence-corrected chi connectivity index (χ2v) is 6.55. The molecule has 3 nitrogen and oxygen atoms in total. The Hall–Kier alpha value is -0.0900. The molecule has 0 rings (SSSR count). The number of hydrogen-bond donors (Lipinski definition) is 1. The summed E-state index contributed by atoms with van der Waals surface area (Å²) in [7, 11) is -2.79. The van der Waals surface area contributed by atoms with Gasteiger partial charge >= 0.3 is 0 Å². The SMILES string of the molecule is CCCNCC(C)CCS(=O)(=O)CCC. The second-order valence-electron chi connectivity index (χ2n) is 4.25. The van der Waals surface area contributed by atoms with Gasteiger partial charge in [-0.3, -0.25) is 0 Å². The average molecular weight is 235 g/mol. The van der Waals surface area contributed by atoms with Gasteiger partial charge in [0.05, 0.1) is 5.75 Å². The van der Waals surface area contributed by atoms with E-state index in [0.717, 1.165) is 32.4 Å². The third-order valence-corrected chi connectivity index (χ3v) is 4.24. The number of nitrogens with one attached hydrogen (secondary N) is 1. The van der Waals surface area contributed by atoms with Crippen LogP contribution in [0.2, 0.25) is 0 Å². The van der Waals surface area contributed by atoms with Gasteiger partial charge in [0.15, 0.2) is 0 Å². The van der Waals surface area contributed by atoms with E-state index >= 15 is 0 Å². The molecule has 0 aliphatic heterocycles. The first-order valence-electron chi connectivity index (χ1n) is 5.93. The summed E-state index contributed by atoms with van der Waals surface area (Å²) in [6, 6.07) is 0. The van der Waals surface area contributed by atoms with Gasteiger partial charge in [0.2, 0.25) is 0 Å². The standard InChI is InChI=1S/C11H25NO2S/c1-4-7-12-10-11(3)6-9-15(13,14)8-5-2/h11-12H,4-10H2,1-3H3. The van der Waals surface area contributed by atoms with Gasteiger partial charge in [-0.05, 0) is 38.3 Å². The van der Waals surface area contributed by atoms with Crippen LogP contribution in [0.4, 0.5) is 0 Å². The Morgan fingerprint density at radius 2 is 1.80 bits per heavy atom. The topological polar surface area (TPSA) is 46.2 Å². The molecule has 0 saturated carbocycles. The molecule has 0 bridgehead atoms. The monoisotopic (exact) mass is 235 g/mol. The third kappa shape index (κ3) is 8.88. The third-order valence-electron chi connectivity index (χ3n) is 2.36. The van der Waals surface area contributed by atoms with Gasteiger partial charge in [0, 0.05) is 5.75 Å². The van der Waals surface area contributed by atoms with Crippen LogP contribution in [0, 0.1) is 5.92 Å². The molecule has 0 aromatic rings. The molecule has 0 aromatic carbocycles. The Bertz CT molecular complexity index is 237. The molecule has 0 amide bonds. The van der Waals surface area contributed by atoms with Crippen LogP contribution in [-0.2, 0) is 9.84 Å². The molecule has 0 aromatic heterocycles. The molecular weight excluding hydrogens is 210 g/mol. The summed E-state index contributed by atoms with van der Waals surface area (Å²) >= 11 is 0. The van der Waals surface area contributed by atoms with E-state index in [1.165, 1.54) is 0 Å². The molecule has 1 N–H and O–H groups in total. The summed E-state index contributed by atoms with van der Waals surface area (Å²) in [4.78, 5) is 0. The first-order valence-corrected chi connectivity index (χ1v) is 7.75. The second kappa shape index (κ2) is 8.11. The highest BCUT2D eigenvalue weighted by Gasteiger charge is 2.11. The maximum Gasteiger partial charge on any atom is 0.150 e. The number of hydrogen-bond acceptors (Lipinski definition) is 3. The molecule has 1 unspecified atom stereocenters. The first kappa shape index (κ1) is 14.9. The van der Waals surface area contributed by atoms with Crippen LogP contribution in [0.25, 0.3) is 0 Å². The molecule has 0 aliphatic carbocycles. The minimum Gasteiger partial charge on any atom is -0.316 e. The van der Waals surface area contributed by atoms with E-state index in [4.69, 9.17) is 0 Å². The Kier molecular flexibility index (Phi) is 8.06. The normalized spacial score (nSPS) is 14.1. The van der Waals surface area contributed by atoms with Crippen molar-refractivity contribution >= 4 is 9.84 Å². The highest BCUT2D eigenvalue weighted by atomic mass is 32.2. The Balaban J connectivity index is 3.65. The Morgan fingerprint density at radius 1 is 1.13 bits per heavy atom. The van der Waals surface area contributed by atoms with Crippen molar-refractivity contribution in [2.24, 2.45) is 5.92 Å². The van der Waals surface area contributed by atoms with E-state index in [1.807, 2.05) is 6.92 Å². The summed E-state index contributed by atoms with van der Waals surface area (Å²) in [5, 5.41) is 3.31. The van der Waals surface area contributed by atoms with E-state index in [2.05, 4.69) is 19.2 Å². The van der Waals surface area contributed by atoms with E-state index in [0.29, 0.717) is 17.4 Å². The highest BCUT2D eigenvalue weighted by Crippen LogP contribution is 2.05. The maximum atomic E-state index is 11.4. The lowest BCUT2D eigenvalue weighted by Crippen LogP contribution is -2.24. The maximum absolute atomic E-state index is 11.4. The van der Waals surface area contributed by atoms with Gasteiger partial charge < -0.3 is 5.32 Å². The summed E-state index contributed by atoms with van der Waals surface area (Å²) in [6.07, 6.45) is 2.63. The van der Waals surface area contributed by atoms with E-state index in [1.54, 1.807) is 0 Å². The first-order chi connectivity index (χ1) is 7.02. The van der Waals surface area contributed by atoms with Gasteiger partial charge in [-0.25, -0.2) is 8.42 Å². The molecule has 0 saturated heterocycles. The quantitative estimate of drug-likeness (QED) is 0.620. The van der Waals surface area contributed by atoms with Crippen molar-refractivity contribution in [2.45, 2.75) is 40.0 Å². The number of rotatable bonds is 9. The predicted molar refractivity (Wildman–Crippen MR) is 65.9 cm³/mol. The van der Waals surface area contributed by atoms with Crippen molar-refractivity contribution in [2.75, 3.05) is 24.6 Å². The fraction of sp³-hybridized carbons (Fsp3) is 1.00. The molecule has 0 fully saturated rings. The van der Waals surface area contributed by atoms with Crippen molar-refractivity contribution < 1.29 is 8.42 Å². The minimum atomic E-state index is -2.79. The van der Waals surface area contributed by atoms with Crippen LogP contribution < -0.4 is 5.32 Å². The minimum absolute atomic E-state index is 0.335. The fourth-order valence-corrected chi connectivity index (χ4v) is 3.01. The molecule has 15 heavy (non-hydrogen) atoms. The fourth-order valence-electron chi connectivity index (χ4n) is 1.42. The van der Waals surface area contributed by atoms with Crippen LogP contribution >= 0.6 is 0 Å². The molecule has 0 spiro atoms. The van der Waals surface area contributed by atoms with Gasteiger partial charge in [0.25, 0.3) is 0 Å². The van der Waals surface area contributed by atoms with Crippen LogP contribution in [0.1, 0.15) is 40.0 Å². The summed E-state index contributed by atoms with van der Waals surface area (Å²) in [6.45, 7) is 8.08. The van der Waals surface area contributed by atoms with E-state index < -0.39 is 9.84 Å². The molecule has 92 valence electrons. The van der Waals surface area contributed by atoms with E-state index in [9.17, 15) is 8.42 Å². The van der Waals surface area contributed by atoms with Crippen LogP contribution in [0.15, 0.2) is 0 Å². The molecule has 4 heteroatoms. The van der Waals surface area contributed by atoms with Gasteiger partial charge in [-0.2, -0.15) is 0 Å². The molecular formula is C11H25NO2S. The summed E-state index contributed by atoms with van der Waals surface area (Å²) < 4.78 is 22.9.